The lowest BCUT2D eigenvalue weighted by Gasteiger charge is -2.10. The second kappa shape index (κ2) is 4.71. The van der Waals surface area contributed by atoms with Crippen LogP contribution in [-0.2, 0) is 0 Å². The predicted octanol–water partition coefficient (Wildman–Crippen LogP) is 3.23. The summed E-state index contributed by atoms with van der Waals surface area (Å²) in [6.07, 6.45) is 0. The molecule has 0 heterocycles. The molecule has 2 rings (SSSR count). The number of hydrogen-bond acceptors (Lipinski definition) is 2. The smallest absolute Gasteiger partial charge is 0.0962 e. The van der Waals surface area contributed by atoms with E-state index >= 15 is 0 Å². The Morgan fingerprint density at radius 1 is 1.06 bits per heavy atom. The van der Waals surface area contributed by atoms with E-state index in [0.29, 0.717) is 0 Å². The molecule has 0 unspecified atom stereocenters. The van der Waals surface area contributed by atoms with Gasteiger partial charge in [-0.25, -0.2) is 0 Å². The van der Waals surface area contributed by atoms with Gasteiger partial charge in [0, 0.05) is 5.69 Å². The van der Waals surface area contributed by atoms with Crippen molar-refractivity contribution in [3.63, 3.8) is 0 Å². The predicted molar refractivity (Wildman–Crippen MR) is 69.5 cm³/mol. The Morgan fingerprint density at radius 3 is 2.35 bits per heavy atom. The highest BCUT2D eigenvalue weighted by molar-refractivity contribution is 5.45. The van der Waals surface area contributed by atoms with Crippen LogP contribution in [0, 0.1) is 18.3 Å². The van der Waals surface area contributed by atoms with Crippen molar-refractivity contribution in [3.05, 3.63) is 65.2 Å². The van der Waals surface area contributed by atoms with Gasteiger partial charge in [0.1, 0.15) is 0 Å². The van der Waals surface area contributed by atoms with E-state index in [-0.39, 0.29) is 5.92 Å². The van der Waals surface area contributed by atoms with Crippen LogP contribution in [0.15, 0.2) is 48.5 Å². The van der Waals surface area contributed by atoms with Gasteiger partial charge < -0.3 is 5.73 Å². The first-order chi connectivity index (χ1) is 8.20. The maximum atomic E-state index is 9.31. The zero-order valence-electron chi connectivity index (χ0n) is 9.72. The Balaban J connectivity index is 2.41. The fraction of sp³-hybridized carbons (Fsp3) is 0.133. The summed E-state index contributed by atoms with van der Waals surface area (Å²) in [5.74, 6) is -0.226. The molecule has 0 fully saturated rings. The molecule has 0 aliphatic carbocycles. The number of aryl methyl sites for hydroxylation is 1. The SMILES string of the molecule is Cc1cccc([C@H](C#N)c2ccc(N)cc2)c1. The van der Waals surface area contributed by atoms with Crippen LogP contribution in [-0.4, -0.2) is 0 Å². The van der Waals surface area contributed by atoms with E-state index in [1.54, 1.807) is 0 Å². The summed E-state index contributed by atoms with van der Waals surface area (Å²) >= 11 is 0. The van der Waals surface area contributed by atoms with Crippen molar-refractivity contribution < 1.29 is 0 Å². The Morgan fingerprint density at radius 2 is 1.76 bits per heavy atom. The molecule has 0 aromatic heterocycles. The van der Waals surface area contributed by atoms with E-state index in [1.165, 1.54) is 0 Å². The quantitative estimate of drug-likeness (QED) is 0.793. The van der Waals surface area contributed by atoms with Gasteiger partial charge in [0.05, 0.1) is 12.0 Å². The van der Waals surface area contributed by atoms with Gasteiger partial charge in [-0.3, -0.25) is 0 Å². The number of nitrogens with zero attached hydrogens (tertiary/aromatic N) is 1. The number of nitrogen functional groups attached to an aromatic ring is 1. The summed E-state index contributed by atoms with van der Waals surface area (Å²) in [6, 6.07) is 17.9. The number of hydrogen-bond donors (Lipinski definition) is 1. The van der Waals surface area contributed by atoms with Crippen molar-refractivity contribution in [1.29, 1.82) is 5.26 Å². The first-order valence-corrected chi connectivity index (χ1v) is 5.52. The molecule has 84 valence electrons. The summed E-state index contributed by atoms with van der Waals surface area (Å²) in [6.45, 7) is 2.03. The third-order valence-electron chi connectivity index (χ3n) is 2.77. The van der Waals surface area contributed by atoms with E-state index < -0.39 is 0 Å². The molecule has 0 saturated heterocycles. The molecule has 2 aromatic carbocycles. The molecule has 17 heavy (non-hydrogen) atoms. The fourth-order valence-electron chi connectivity index (χ4n) is 1.88. The van der Waals surface area contributed by atoms with Crippen molar-refractivity contribution in [2.45, 2.75) is 12.8 Å². The monoisotopic (exact) mass is 222 g/mol. The molecular formula is C15H14N2. The van der Waals surface area contributed by atoms with E-state index in [4.69, 9.17) is 5.73 Å². The maximum Gasteiger partial charge on any atom is 0.0962 e. The first-order valence-electron chi connectivity index (χ1n) is 5.52. The lowest BCUT2D eigenvalue weighted by Crippen LogP contribution is -1.98. The highest BCUT2D eigenvalue weighted by Crippen LogP contribution is 2.25. The van der Waals surface area contributed by atoms with Crippen molar-refractivity contribution >= 4 is 5.69 Å². The van der Waals surface area contributed by atoms with Crippen LogP contribution >= 0.6 is 0 Å². The average molecular weight is 222 g/mol. The fourth-order valence-corrected chi connectivity index (χ4v) is 1.88. The Bertz CT molecular complexity index is 550. The van der Waals surface area contributed by atoms with Gasteiger partial charge in [-0.1, -0.05) is 42.0 Å². The highest BCUT2D eigenvalue weighted by atomic mass is 14.5. The van der Waals surface area contributed by atoms with Crippen LogP contribution in [0.2, 0.25) is 0 Å². The number of rotatable bonds is 2. The second-order valence-electron chi connectivity index (χ2n) is 4.14. The first kappa shape index (κ1) is 11.2. The molecule has 2 aromatic rings. The van der Waals surface area contributed by atoms with E-state index in [2.05, 4.69) is 6.07 Å². The summed E-state index contributed by atoms with van der Waals surface area (Å²) in [5, 5.41) is 9.31. The summed E-state index contributed by atoms with van der Waals surface area (Å²) in [4.78, 5) is 0. The molecule has 0 radical (unpaired) electrons. The van der Waals surface area contributed by atoms with Gasteiger partial charge in [0.15, 0.2) is 0 Å². The Kier molecular flexibility index (Phi) is 3.11. The van der Waals surface area contributed by atoms with Gasteiger partial charge in [0.2, 0.25) is 0 Å². The number of nitriles is 1. The number of nitrogens with two attached hydrogens (primary N) is 1. The van der Waals surface area contributed by atoms with Gasteiger partial charge in [-0.15, -0.1) is 0 Å². The molecule has 0 saturated carbocycles. The number of anilines is 1. The van der Waals surface area contributed by atoms with Crippen LogP contribution in [0.25, 0.3) is 0 Å². The molecule has 1 atom stereocenters. The van der Waals surface area contributed by atoms with E-state index in [0.717, 1.165) is 22.4 Å². The van der Waals surface area contributed by atoms with Crippen LogP contribution in [0.5, 0.6) is 0 Å². The van der Waals surface area contributed by atoms with Gasteiger partial charge in [-0.2, -0.15) is 5.26 Å². The van der Waals surface area contributed by atoms with Crippen LogP contribution < -0.4 is 5.73 Å². The molecule has 2 nitrogen and oxygen atoms in total. The molecule has 0 amide bonds. The molecule has 0 spiro atoms. The normalized spacial score (nSPS) is 11.8. The molecule has 0 aliphatic rings. The second-order valence-corrected chi connectivity index (χ2v) is 4.14. The van der Waals surface area contributed by atoms with Crippen molar-refractivity contribution in [2.24, 2.45) is 0 Å². The molecule has 0 aliphatic heterocycles. The van der Waals surface area contributed by atoms with Crippen LogP contribution in [0.4, 0.5) is 5.69 Å². The van der Waals surface area contributed by atoms with E-state index in [1.807, 2.05) is 55.5 Å². The van der Waals surface area contributed by atoms with Crippen molar-refractivity contribution in [1.82, 2.24) is 0 Å². The van der Waals surface area contributed by atoms with Gasteiger partial charge in [-0.05, 0) is 30.2 Å². The van der Waals surface area contributed by atoms with Crippen LogP contribution in [0.1, 0.15) is 22.6 Å². The van der Waals surface area contributed by atoms with Crippen LogP contribution in [0.3, 0.4) is 0 Å². The standard InChI is InChI=1S/C15H14N2/c1-11-3-2-4-13(9-11)15(10-16)12-5-7-14(17)8-6-12/h2-9,15H,17H2,1H3/t15-/m1/s1. The largest absolute Gasteiger partial charge is 0.399 e. The maximum absolute atomic E-state index is 9.31. The zero-order chi connectivity index (χ0) is 12.3. The summed E-state index contributed by atoms with van der Waals surface area (Å²) in [5.41, 5.74) is 9.53. The Hall–Kier alpha value is -2.27. The third kappa shape index (κ3) is 2.46. The highest BCUT2D eigenvalue weighted by Gasteiger charge is 2.12. The third-order valence-corrected chi connectivity index (χ3v) is 2.77. The average Bonchev–Trinajstić information content (AvgIpc) is 2.33. The topological polar surface area (TPSA) is 49.8 Å². The summed E-state index contributed by atoms with van der Waals surface area (Å²) < 4.78 is 0. The Labute approximate surface area is 101 Å². The van der Waals surface area contributed by atoms with Gasteiger partial charge >= 0.3 is 0 Å². The minimum Gasteiger partial charge on any atom is -0.399 e. The lowest BCUT2D eigenvalue weighted by atomic mass is 9.92. The number of benzene rings is 2. The molecule has 0 bridgehead atoms. The molecular weight excluding hydrogens is 208 g/mol. The van der Waals surface area contributed by atoms with Crippen molar-refractivity contribution in [3.8, 4) is 6.07 Å². The minimum absolute atomic E-state index is 0.226. The molecule has 2 heteroatoms. The minimum atomic E-state index is -0.226. The lowest BCUT2D eigenvalue weighted by molar-refractivity contribution is 1.03. The van der Waals surface area contributed by atoms with Crippen molar-refractivity contribution in [2.75, 3.05) is 5.73 Å². The zero-order valence-corrected chi connectivity index (χ0v) is 9.72. The van der Waals surface area contributed by atoms with E-state index in [9.17, 15) is 5.26 Å². The van der Waals surface area contributed by atoms with Gasteiger partial charge in [0.25, 0.3) is 0 Å². The molecule has 2 N–H and O–H groups in total. The summed E-state index contributed by atoms with van der Waals surface area (Å²) in [7, 11) is 0.